The Balaban J connectivity index is 2.81. The number of aryl methyl sites for hydroxylation is 3. The predicted octanol–water partition coefficient (Wildman–Crippen LogP) is 3.53. The third kappa shape index (κ3) is 3.64. The summed E-state index contributed by atoms with van der Waals surface area (Å²) in [7, 11) is 0. The van der Waals surface area contributed by atoms with E-state index in [0.29, 0.717) is 12.0 Å². The van der Waals surface area contributed by atoms with Crippen LogP contribution in [-0.2, 0) is 6.42 Å². The van der Waals surface area contributed by atoms with Gasteiger partial charge in [0.05, 0.1) is 0 Å². The van der Waals surface area contributed by atoms with Gasteiger partial charge in [0.25, 0.3) is 0 Å². The molecular formula is C15H25N. The molecule has 16 heavy (non-hydrogen) atoms. The van der Waals surface area contributed by atoms with Crippen molar-refractivity contribution in [2.24, 2.45) is 11.7 Å². The van der Waals surface area contributed by atoms with E-state index < -0.39 is 0 Å². The number of nitrogens with two attached hydrogens (primary N) is 1. The summed E-state index contributed by atoms with van der Waals surface area (Å²) in [5.74, 6) is 0.682. The molecule has 1 aromatic carbocycles. The predicted molar refractivity (Wildman–Crippen MR) is 71.8 cm³/mol. The lowest BCUT2D eigenvalue weighted by Gasteiger charge is -2.18. The third-order valence-corrected chi connectivity index (χ3v) is 3.08. The Morgan fingerprint density at radius 2 is 1.56 bits per heavy atom. The van der Waals surface area contributed by atoms with E-state index in [1.165, 1.54) is 22.3 Å². The molecule has 0 spiro atoms. The van der Waals surface area contributed by atoms with Crippen molar-refractivity contribution < 1.29 is 0 Å². The summed E-state index contributed by atoms with van der Waals surface area (Å²) in [6.07, 6.45) is 2.11. The Hall–Kier alpha value is -0.820. The summed E-state index contributed by atoms with van der Waals surface area (Å²) < 4.78 is 0. The highest BCUT2D eigenvalue weighted by molar-refractivity contribution is 5.37. The molecule has 1 atom stereocenters. The Bertz CT molecular complexity index is 329. The first kappa shape index (κ1) is 13.2. The van der Waals surface area contributed by atoms with Crippen LogP contribution in [-0.4, -0.2) is 6.04 Å². The Kier molecular flexibility index (Phi) is 4.55. The lowest BCUT2D eigenvalue weighted by molar-refractivity contribution is 0.492. The first-order chi connectivity index (χ1) is 7.40. The molecule has 0 fully saturated rings. The van der Waals surface area contributed by atoms with E-state index in [2.05, 4.69) is 46.8 Å². The molecule has 0 bridgehead atoms. The molecule has 2 N–H and O–H groups in total. The lowest BCUT2D eigenvalue weighted by atomic mass is 9.91. The van der Waals surface area contributed by atoms with E-state index in [4.69, 9.17) is 5.73 Å². The molecule has 0 heterocycles. The molecule has 1 aromatic rings. The van der Waals surface area contributed by atoms with Gasteiger partial charge in [0, 0.05) is 6.04 Å². The van der Waals surface area contributed by atoms with Crippen LogP contribution >= 0.6 is 0 Å². The second-order valence-corrected chi connectivity index (χ2v) is 5.47. The minimum absolute atomic E-state index is 0.292. The van der Waals surface area contributed by atoms with Crippen LogP contribution in [0, 0.1) is 26.7 Å². The molecule has 0 amide bonds. The van der Waals surface area contributed by atoms with Gasteiger partial charge in [-0.15, -0.1) is 0 Å². The molecular weight excluding hydrogens is 194 g/mol. The van der Waals surface area contributed by atoms with Gasteiger partial charge in [-0.05, 0) is 56.2 Å². The van der Waals surface area contributed by atoms with Gasteiger partial charge in [0.15, 0.2) is 0 Å². The fourth-order valence-corrected chi connectivity index (χ4v) is 2.48. The zero-order chi connectivity index (χ0) is 12.3. The Morgan fingerprint density at radius 1 is 1.06 bits per heavy atom. The largest absolute Gasteiger partial charge is 0.327 e. The van der Waals surface area contributed by atoms with Crippen LogP contribution in [0.1, 0.15) is 42.5 Å². The molecule has 0 saturated heterocycles. The van der Waals surface area contributed by atoms with Crippen molar-refractivity contribution in [1.29, 1.82) is 0 Å². The minimum atomic E-state index is 0.292. The Labute approximate surface area is 100 Å². The average Bonchev–Trinajstić information content (AvgIpc) is 2.09. The maximum absolute atomic E-state index is 6.18. The van der Waals surface area contributed by atoms with E-state index in [0.717, 1.165) is 12.8 Å². The molecule has 0 aliphatic carbocycles. The topological polar surface area (TPSA) is 26.0 Å². The van der Waals surface area contributed by atoms with Gasteiger partial charge < -0.3 is 5.73 Å². The van der Waals surface area contributed by atoms with Crippen molar-refractivity contribution >= 4 is 0 Å². The molecule has 0 aliphatic rings. The van der Waals surface area contributed by atoms with E-state index in [1.807, 2.05) is 0 Å². The van der Waals surface area contributed by atoms with E-state index >= 15 is 0 Å². The molecule has 1 nitrogen and oxygen atoms in total. The highest BCUT2D eigenvalue weighted by Crippen LogP contribution is 2.19. The van der Waals surface area contributed by atoms with E-state index in [1.54, 1.807) is 0 Å². The first-order valence-electron chi connectivity index (χ1n) is 6.22. The van der Waals surface area contributed by atoms with Crippen molar-refractivity contribution in [1.82, 2.24) is 0 Å². The fourth-order valence-electron chi connectivity index (χ4n) is 2.48. The summed E-state index contributed by atoms with van der Waals surface area (Å²) >= 11 is 0. The number of benzene rings is 1. The van der Waals surface area contributed by atoms with Gasteiger partial charge in [-0.3, -0.25) is 0 Å². The fraction of sp³-hybridized carbons (Fsp3) is 0.600. The van der Waals surface area contributed by atoms with Crippen LogP contribution in [0.25, 0.3) is 0 Å². The summed E-state index contributed by atoms with van der Waals surface area (Å²) in [4.78, 5) is 0. The van der Waals surface area contributed by atoms with Crippen molar-refractivity contribution in [3.05, 3.63) is 34.4 Å². The minimum Gasteiger partial charge on any atom is -0.327 e. The highest BCUT2D eigenvalue weighted by Gasteiger charge is 2.10. The van der Waals surface area contributed by atoms with Gasteiger partial charge in [0.2, 0.25) is 0 Å². The van der Waals surface area contributed by atoms with Gasteiger partial charge >= 0.3 is 0 Å². The molecule has 1 rings (SSSR count). The van der Waals surface area contributed by atoms with Crippen LogP contribution in [0.15, 0.2) is 12.1 Å². The molecule has 1 heteroatoms. The molecule has 1 unspecified atom stereocenters. The smallest absolute Gasteiger partial charge is 0.00819 e. The van der Waals surface area contributed by atoms with Crippen molar-refractivity contribution in [3.8, 4) is 0 Å². The van der Waals surface area contributed by atoms with Gasteiger partial charge in [-0.2, -0.15) is 0 Å². The van der Waals surface area contributed by atoms with Crippen molar-refractivity contribution in [2.75, 3.05) is 0 Å². The molecule has 90 valence electrons. The lowest BCUT2D eigenvalue weighted by Crippen LogP contribution is -2.25. The Morgan fingerprint density at radius 3 is 2.00 bits per heavy atom. The van der Waals surface area contributed by atoms with Crippen molar-refractivity contribution in [2.45, 2.75) is 53.5 Å². The second-order valence-electron chi connectivity index (χ2n) is 5.47. The van der Waals surface area contributed by atoms with Crippen LogP contribution in [0.5, 0.6) is 0 Å². The SMILES string of the molecule is Cc1cc(C)c(CC(N)CC(C)C)c(C)c1. The number of hydrogen-bond acceptors (Lipinski definition) is 1. The number of hydrogen-bond donors (Lipinski definition) is 1. The highest BCUT2D eigenvalue weighted by atomic mass is 14.6. The number of rotatable bonds is 4. The summed E-state index contributed by atoms with van der Waals surface area (Å²) in [5.41, 5.74) is 11.7. The zero-order valence-corrected chi connectivity index (χ0v) is 11.3. The average molecular weight is 219 g/mol. The maximum Gasteiger partial charge on any atom is 0.00819 e. The van der Waals surface area contributed by atoms with E-state index in [9.17, 15) is 0 Å². The van der Waals surface area contributed by atoms with Gasteiger partial charge in [-0.1, -0.05) is 31.5 Å². The first-order valence-corrected chi connectivity index (χ1v) is 6.22. The monoisotopic (exact) mass is 219 g/mol. The van der Waals surface area contributed by atoms with E-state index in [-0.39, 0.29) is 0 Å². The normalized spacial score (nSPS) is 13.2. The molecule has 0 aromatic heterocycles. The molecule has 0 radical (unpaired) electrons. The molecule has 0 saturated carbocycles. The quantitative estimate of drug-likeness (QED) is 0.823. The van der Waals surface area contributed by atoms with Crippen LogP contribution in [0.3, 0.4) is 0 Å². The van der Waals surface area contributed by atoms with Crippen molar-refractivity contribution in [3.63, 3.8) is 0 Å². The van der Waals surface area contributed by atoms with Crippen LogP contribution in [0.2, 0.25) is 0 Å². The third-order valence-electron chi connectivity index (χ3n) is 3.08. The standard InChI is InChI=1S/C15H25N/c1-10(2)6-14(16)9-15-12(4)7-11(3)8-13(15)5/h7-8,10,14H,6,9,16H2,1-5H3. The van der Waals surface area contributed by atoms with Crippen LogP contribution < -0.4 is 5.73 Å². The summed E-state index contributed by atoms with van der Waals surface area (Å²) in [6.45, 7) is 11.0. The summed E-state index contributed by atoms with van der Waals surface area (Å²) in [6, 6.07) is 4.80. The zero-order valence-electron chi connectivity index (χ0n) is 11.3. The van der Waals surface area contributed by atoms with Gasteiger partial charge in [0.1, 0.15) is 0 Å². The van der Waals surface area contributed by atoms with Gasteiger partial charge in [-0.25, -0.2) is 0 Å². The van der Waals surface area contributed by atoms with Crippen LogP contribution in [0.4, 0.5) is 0 Å². The maximum atomic E-state index is 6.18. The summed E-state index contributed by atoms with van der Waals surface area (Å²) in [5, 5.41) is 0. The second kappa shape index (κ2) is 5.49. The molecule has 0 aliphatic heterocycles.